The Balaban J connectivity index is 0.000000265. The van der Waals surface area contributed by atoms with Gasteiger partial charge in [-0.25, -0.2) is 0 Å². The zero-order valence-corrected chi connectivity index (χ0v) is 10.8. The van der Waals surface area contributed by atoms with Crippen molar-refractivity contribution in [2.75, 3.05) is 13.2 Å². The summed E-state index contributed by atoms with van der Waals surface area (Å²) in [6, 6.07) is 7.19. The van der Waals surface area contributed by atoms with Crippen LogP contribution in [0.4, 0.5) is 0 Å². The highest BCUT2D eigenvalue weighted by molar-refractivity contribution is 6.41. The van der Waals surface area contributed by atoms with Crippen molar-refractivity contribution in [3.63, 3.8) is 0 Å². The summed E-state index contributed by atoms with van der Waals surface area (Å²) in [5.41, 5.74) is 0. The summed E-state index contributed by atoms with van der Waals surface area (Å²) < 4.78 is 5.13. The molecular weight excluding hydrogens is 231 g/mol. The molecule has 0 atom stereocenters. The van der Waals surface area contributed by atoms with Gasteiger partial charge in [-0.05, 0) is 25.0 Å². The first-order valence-electron chi connectivity index (χ1n) is 5.20. The van der Waals surface area contributed by atoms with Gasteiger partial charge in [0.2, 0.25) is 0 Å². The molecule has 3 heteroatoms. The van der Waals surface area contributed by atoms with Crippen molar-refractivity contribution in [3.05, 3.63) is 34.3 Å². The number of hydrogen-bond acceptors (Lipinski definition) is 1. The highest BCUT2D eigenvalue weighted by atomic mass is 35.5. The summed E-state index contributed by atoms with van der Waals surface area (Å²) in [6.07, 6.45) is 2.28. The molecule has 1 nitrogen and oxygen atoms in total. The van der Waals surface area contributed by atoms with Crippen LogP contribution in [-0.4, -0.2) is 13.2 Å². The first kappa shape index (κ1) is 14.8. The molecule has 1 aromatic rings. The molecule has 15 heavy (non-hydrogen) atoms. The van der Waals surface area contributed by atoms with Gasteiger partial charge in [0.15, 0.2) is 0 Å². The lowest BCUT2D eigenvalue weighted by Gasteiger charge is -1.95. The number of hydrogen-bond donors (Lipinski definition) is 0. The Hall–Kier alpha value is -0.240. The Morgan fingerprint density at radius 3 is 1.60 bits per heavy atom. The second-order valence-electron chi connectivity index (χ2n) is 3.03. The third-order valence-electron chi connectivity index (χ3n) is 1.52. The van der Waals surface area contributed by atoms with Gasteiger partial charge in [0.25, 0.3) is 0 Å². The lowest BCUT2D eigenvalue weighted by Crippen LogP contribution is -1.92. The van der Waals surface area contributed by atoms with E-state index >= 15 is 0 Å². The third-order valence-corrected chi connectivity index (χ3v) is 2.28. The summed E-state index contributed by atoms with van der Waals surface area (Å²) in [7, 11) is 0. The highest BCUT2D eigenvalue weighted by Crippen LogP contribution is 2.19. The van der Waals surface area contributed by atoms with E-state index in [4.69, 9.17) is 27.9 Å². The SMILES string of the molecule is CCCOCCC.Clc1ccccc1Cl. The molecule has 0 aliphatic carbocycles. The van der Waals surface area contributed by atoms with Gasteiger partial charge < -0.3 is 4.74 Å². The molecule has 0 N–H and O–H groups in total. The average molecular weight is 249 g/mol. The minimum Gasteiger partial charge on any atom is -0.381 e. The number of ether oxygens (including phenoxy) is 1. The van der Waals surface area contributed by atoms with E-state index in [1.165, 1.54) is 0 Å². The summed E-state index contributed by atoms with van der Waals surface area (Å²) in [5, 5.41) is 1.21. The van der Waals surface area contributed by atoms with Crippen LogP contribution in [0.2, 0.25) is 10.0 Å². The molecule has 0 unspecified atom stereocenters. The predicted molar refractivity (Wildman–Crippen MR) is 67.9 cm³/mol. The van der Waals surface area contributed by atoms with E-state index in [1.807, 2.05) is 12.1 Å². The Kier molecular flexibility index (Phi) is 10.1. The summed E-state index contributed by atoms with van der Waals surface area (Å²) in [5.74, 6) is 0. The molecule has 0 radical (unpaired) electrons. The first-order chi connectivity index (χ1) is 7.22. The van der Waals surface area contributed by atoms with E-state index in [9.17, 15) is 0 Å². The Bertz CT molecular complexity index is 226. The van der Waals surface area contributed by atoms with Crippen molar-refractivity contribution >= 4 is 23.2 Å². The molecule has 0 saturated carbocycles. The zero-order valence-electron chi connectivity index (χ0n) is 9.30. The maximum atomic E-state index is 5.58. The van der Waals surface area contributed by atoms with E-state index in [-0.39, 0.29) is 0 Å². The minimum absolute atomic E-state index is 0.606. The van der Waals surface area contributed by atoms with Crippen molar-refractivity contribution in [3.8, 4) is 0 Å². The van der Waals surface area contributed by atoms with Gasteiger partial charge in [-0.3, -0.25) is 0 Å². The fraction of sp³-hybridized carbons (Fsp3) is 0.500. The van der Waals surface area contributed by atoms with E-state index in [0.29, 0.717) is 10.0 Å². The van der Waals surface area contributed by atoms with Crippen molar-refractivity contribution in [2.45, 2.75) is 26.7 Å². The largest absolute Gasteiger partial charge is 0.381 e. The van der Waals surface area contributed by atoms with Gasteiger partial charge in [0, 0.05) is 13.2 Å². The molecule has 0 aromatic heterocycles. The van der Waals surface area contributed by atoms with Crippen LogP contribution in [-0.2, 0) is 4.74 Å². The van der Waals surface area contributed by atoms with Crippen LogP contribution in [0.15, 0.2) is 24.3 Å². The minimum atomic E-state index is 0.606. The standard InChI is InChI=1S/C6H4Cl2.C6H14O/c7-5-3-1-2-4-6(5)8;1-3-5-7-6-4-2/h1-4H;3-6H2,1-2H3. The molecular formula is C12H18Cl2O. The number of rotatable bonds is 4. The van der Waals surface area contributed by atoms with E-state index in [0.717, 1.165) is 26.1 Å². The summed E-state index contributed by atoms with van der Waals surface area (Å²) in [4.78, 5) is 0. The molecule has 1 aromatic carbocycles. The van der Waals surface area contributed by atoms with Crippen LogP contribution in [0.1, 0.15) is 26.7 Å². The molecule has 0 amide bonds. The van der Waals surface area contributed by atoms with Crippen LogP contribution in [0.5, 0.6) is 0 Å². The quantitative estimate of drug-likeness (QED) is 0.695. The molecule has 0 saturated heterocycles. The van der Waals surface area contributed by atoms with Gasteiger partial charge in [0.05, 0.1) is 10.0 Å². The fourth-order valence-electron chi connectivity index (χ4n) is 0.830. The monoisotopic (exact) mass is 248 g/mol. The molecule has 0 aliphatic heterocycles. The first-order valence-corrected chi connectivity index (χ1v) is 5.95. The number of halogens is 2. The fourth-order valence-corrected chi connectivity index (χ4v) is 1.10. The highest BCUT2D eigenvalue weighted by Gasteiger charge is 1.89. The van der Waals surface area contributed by atoms with Crippen molar-refractivity contribution < 1.29 is 4.74 Å². The molecule has 0 spiro atoms. The van der Waals surface area contributed by atoms with Gasteiger partial charge in [-0.1, -0.05) is 49.2 Å². The molecule has 86 valence electrons. The Morgan fingerprint density at radius 1 is 0.933 bits per heavy atom. The van der Waals surface area contributed by atoms with Crippen LogP contribution in [0.25, 0.3) is 0 Å². The molecule has 0 heterocycles. The zero-order chi connectivity index (χ0) is 11.5. The molecule has 0 bridgehead atoms. The van der Waals surface area contributed by atoms with Crippen LogP contribution in [0, 0.1) is 0 Å². The predicted octanol–water partition coefficient (Wildman–Crippen LogP) is 4.82. The molecule has 1 rings (SSSR count). The Morgan fingerprint density at radius 2 is 1.33 bits per heavy atom. The van der Waals surface area contributed by atoms with Gasteiger partial charge in [-0.15, -0.1) is 0 Å². The summed E-state index contributed by atoms with van der Waals surface area (Å²) in [6.45, 7) is 6.09. The second-order valence-corrected chi connectivity index (χ2v) is 3.84. The van der Waals surface area contributed by atoms with E-state index in [2.05, 4.69) is 13.8 Å². The van der Waals surface area contributed by atoms with E-state index < -0.39 is 0 Å². The van der Waals surface area contributed by atoms with Crippen LogP contribution >= 0.6 is 23.2 Å². The van der Waals surface area contributed by atoms with Crippen LogP contribution in [0.3, 0.4) is 0 Å². The van der Waals surface area contributed by atoms with Crippen molar-refractivity contribution in [1.29, 1.82) is 0 Å². The molecule has 0 fully saturated rings. The van der Waals surface area contributed by atoms with Crippen molar-refractivity contribution in [2.24, 2.45) is 0 Å². The second kappa shape index (κ2) is 10.3. The van der Waals surface area contributed by atoms with Crippen molar-refractivity contribution in [1.82, 2.24) is 0 Å². The maximum absolute atomic E-state index is 5.58. The van der Waals surface area contributed by atoms with Crippen LogP contribution < -0.4 is 0 Å². The third kappa shape index (κ3) is 8.73. The lowest BCUT2D eigenvalue weighted by molar-refractivity contribution is 0.135. The van der Waals surface area contributed by atoms with E-state index in [1.54, 1.807) is 12.1 Å². The Labute approximate surface area is 102 Å². The normalized spacial score (nSPS) is 9.33. The smallest absolute Gasteiger partial charge is 0.0592 e. The summed E-state index contributed by atoms with van der Waals surface area (Å²) >= 11 is 11.2. The average Bonchev–Trinajstić information content (AvgIpc) is 2.24. The van der Waals surface area contributed by atoms with Gasteiger partial charge in [0.1, 0.15) is 0 Å². The maximum Gasteiger partial charge on any atom is 0.0592 e. The van der Waals surface area contributed by atoms with Gasteiger partial charge in [-0.2, -0.15) is 0 Å². The topological polar surface area (TPSA) is 9.23 Å². The molecule has 0 aliphatic rings. The number of benzene rings is 1. The lowest BCUT2D eigenvalue weighted by atomic mass is 10.4. The van der Waals surface area contributed by atoms with Gasteiger partial charge >= 0.3 is 0 Å².